The molecule has 1 aromatic heterocycles. The van der Waals surface area contributed by atoms with Crippen molar-refractivity contribution < 1.29 is 4.39 Å². The fraction of sp³-hybridized carbons (Fsp3) is 0.231. The highest BCUT2D eigenvalue weighted by Gasteiger charge is 2.07. The van der Waals surface area contributed by atoms with Gasteiger partial charge in [-0.2, -0.15) is 5.26 Å². The Morgan fingerprint density at radius 1 is 1.44 bits per heavy atom. The molecule has 2 aromatic rings. The predicted molar refractivity (Wildman–Crippen MR) is 68.5 cm³/mol. The molecule has 18 heavy (non-hydrogen) atoms. The minimum atomic E-state index is -0.442. The Hall–Kier alpha value is -1.77. The third-order valence-corrected chi connectivity index (χ3v) is 3.42. The lowest BCUT2D eigenvalue weighted by Gasteiger charge is -2.05. The van der Waals surface area contributed by atoms with Crippen LogP contribution in [0.25, 0.3) is 0 Å². The molecule has 0 radical (unpaired) electrons. The van der Waals surface area contributed by atoms with Crippen LogP contribution in [0.3, 0.4) is 0 Å². The van der Waals surface area contributed by atoms with Crippen molar-refractivity contribution >= 4 is 11.3 Å². The van der Waals surface area contributed by atoms with Gasteiger partial charge in [0.15, 0.2) is 0 Å². The molecule has 1 heterocycles. The van der Waals surface area contributed by atoms with Gasteiger partial charge in [0, 0.05) is 29.7 Å². The summed E-state index contributed by atoms with van der Waals surface area (Å²) in [6.07, 6.45) is 0. The molecule has 3 nitrogen and oxygen atoms in total. The summed E-state index contributed by atoms with van der Waals surface area (Å²) in [7, 11) is 0. The zero-order valence-electron chi connectivity index (χ0n) is 9.90. The number of nitrogens with zero attached hydrogens (tertiary/aromatic N) is 2. The Bertz CT molecular complexity index is 586. The topological polar surface area (TPSA) is 48.7 Å². The van der Waals surface area contributed by atoms with Gasteiger partial charge in [0.1, 0.15) is 16.9 Å². The average molecular weight is 261 g/mol. The molecule has 1 N–H and O–H groups in total. The second kappa shape index (κ2) is 5.71. The maximum Gasteiger partial charge on any atom is 0.145 e. The van der Waals surface area contributed by atoms with Crippen molar-refractivity contribution in [2.24, 2.45) is 0 Å². The van der Waals surface area contributed by atoms with E-state index in [-0.39, 0.29) is 5.56 Å². The van der Waals surface area contributed by atoms with Crippen LogP contribution in [0.4, 0.5) is 4.39 Å². The van der Waals surface area contributed by atoms with E-state index in [2.05, 4.69) is 10.3 Å². The number of halogens is 1. The van der Waals surface area contributed by atoms with E-state index in [1.165, 1.54) is 6.07 Å². The second-order valence-corrected chi connectivity index (χ2v) is 4.82. The molecule has 0 aliphatic carbocycles. The molecule has 0 aliphatic rings. The third-order valence-electron chi connectivity index (χ3n) is 2.46. The Kier molecular flexibility index (Phi) is 4.03. The van der Waals surface area contributed by atoms with E-state index in [4.69, 9.17) is 5.26 Å². The summed E-state index contributed by atoms with van der Waals surface area (Å²) in [5.74, 6) is -0.442. The van der Waals surface area contributed by atoms with Gasteiger partial charge in [0.2, 0.25) is 0 Å². The van der Waals surface area contributed by atoms with Gasteiger partial charge < -0.3 is 5.32 Å². The van der Waals surface area contributed by atoms with Crippen molar-refractivity contribution in [3.8, 4) is 6.07 Å². The largest absolute Gasteiger partial charge is 0.306 e. The van der Waals surface area contributed by atoms with E-state index in [9.17, 15) is 4.39 Å². The molecular formula is C13H12FN3S. The molecule has 0 amide bonds. The van der Waals surface area contributed by atoms with Gasteiger partial charge in [0.05, 0.1) is 5.56 Å². The van der Waals surface area contributed by atoms with Gasteiger partial charge in [-0.3, -0.25) is 0 Å². The minimum Gasteiger partial charge on any atom is -0.306 e. The maximum atomic E-state index is 13.7. The second-order valence-electron chi connectivity index (χ2n) is 3.88. The molecular weight excluding hydrogens is 249 g/mol. The molecule has 0 bridgehead atoms. The summed E-state index contributed by atoms with van der Waals surface area (Å²) in [4.78, 5) is 4.31. The molecule has 1 aromatic carbocycles. The Morgan fingerprint density at radius 3 is 2.94 bits per heavy atom. The summed E-state index contributed by atoms with van der Waals surface area (Å²) >= 11 is 1.58. The van der Waals surface area contributed by atoms with Crippen LogP contribution in [-0.2, 0) is 13.1 Å². The fourth-order valence-electron chi connectivity index (χ4n) is 1.59. The van der Waals surface area contributed by atoms with Crippen LogP contribution in [-0.4, -0.2) is 4.98 Å². The first-order valence-corrected chi connectivity index (χ1v) is 6.38. The quantitative estimate of drug-likeness (QED) is 0.920. The average Bonchev–Trinajstić information content (AvgIpc) is 2.77. The summed E-state index contributed by atoms with van der Waals surface area (Å²) in [6.45, 7) is 2.94. The molecule has 5 heteroatoms. The third kappa shape index (κ3) is 2.92. The number of aromatic nitrogens is 1. The van der Waals surface area contributed by atoms with Crippen LogP contribution in [0.15, 0.2) is 23.6 Å². The van der Waals surface area contributed by atoms with E-state index in [1.54, 1.807) is 23.5 Å². The summed E-state index contributed by atoms with van der Waals surface area (Å²) < 4.78 is 13.7. The maximum absolute atomic E-state index is 13.7. The fourth-order valence-corrected chi connectivity index (χ4v) is 2.33. The highest BCUT2D eigenvalue weighted by Crippen LogP contribution is 2.13. The summed E-state index contributed by atoms with van der Waals surface area (Å²) in [5.41, 5.74) is 1.58. The normalized spacial score (nSPS) is 10.3. The molecule has 92 valence electrons. The molecule has 0 aliphatic heterocycles. The SMILES string of the molecule is Cc1csc(CNCc2cccc(C#N)c2F)n1. The van der Waals surface area contributed by atoms with Crippen molar-refractivity contribution in [1.29, 1.82) is 5.26 Å². The van der Waals surface area contributed by atoms with E-state index < -0.39 is 5.82 Å². The minimum absolute atomic E-state index is 0.0828. The Morgan fingerprint density at radius 2 is 2.28 bits per heavy atom. The first-order chi connectivity index (χ1) is 8.70. The zero-order chi connectivity index (χ0) is 13.0. The monoisotopic (exact) mass is 261 g/mol. The van der Waals surface area contributed by atoms with Crippen LogP contribution < -0.4 is 5.32 Å². The lowest BCUT2D eigenvalue weighted by molar-refractivity contribution is 0.584. The highest BCUT2D eigenvalue weighted by atomic mass is 32.1. The molecule has 2 rings (SSSR count). The molecule has 0 fully saturated rings. The smallest absolute Gasteiger partial charge is 0.145 e. The first-order valence-electron chi connectivity index (χ1n) is 5.50. The molecule has 0 saturated carbocycles. The summed E-state index contributed by atoms with van der Waals surface area (Å²) in [6, 6.07) is 6.67. The lowest BCUT2D eigenvalue weighted by Crippen LogP contribution is -2.14. The molecule has 0 atom stereocenters. The van der Waals surface area contributed by atoms with Gasteiger partial charge in [-0.1, -0.05) is 12.1 Å². The van der Waals surface area contributed by atoms with Crippen molar-refractivity contribution in [1.82, 2.24) is 10.3 Å². The van der Waals surface area contributed by atoms with Crippen molar-refractivity contribution in [3.05, 3.63) is 51.2 Å². The molecule has 0 spiro atoms. The van der Waals surface area contributed by atoms with Crippen molar-refractivity contribution in [2.75, 3.05) is 0 Å². The van der Waals surface area contributed by atoms with Gasteiger partial charge in [0.25, 0.3) is 0 Å². The number of rotatable bonds is 4. The Balaban J connectivity index is 1.97. The van der Waals surface area contributed by atoms with Crippen LogP contribution in [0, 0.1) is 24.1 Å². The van der Waals surface area contributed by atoms with Crippen LogP contribution in [0.2, 0.25) is 0 Å². The zero-order valence-corrected chi connectivity index (χ0v) is 10.7. The van der Waals surface area contributed by atoms with Crippen molar-refractivity contribution in [2.45, 2.75) is 20.0 Å². The Labute approximate surface area is 109 Å². The number of thiazole rings is 1. The molecule has 0 unspecified atom stereocenters. The van der Waals surface area contributed by atoms with Gasteiger partial charge in [-0.15, -0.1) is 11.3 Å². The summed E-state index contributed by atoms with van der Waals surface area (Å²) in [5, 5.41) is 14.8. The van der Waals surface area contributed by atoms with Gasteiger partial charge in [-0.25, -0.2) is 9.37 Å². The van der Waals surface area contributed by atoms with E-state index in [1.807, 2.05) is 18.4 Å². The van der Waals surface area contributed by atoms with Crippen molar-refractivity contribution in [3.63, 3.8) is 0 Å². The number of nitrogens with one attached hydrogen (secondary N) is 1. The number of hydrogen-bond donors (Lipinski definition) is 1. The first kappa shape index (κ1) is 12.7. The van der Waals surface area contributed by atoms with E-state index >= 15 is 0 Å². The van der Waals surface area contributed by atoms with Gasteiger partial charge >= 0.3 is 0 Å². The van der Waals surface area contributed by atoms with Crippen LogP contribution in [0.5, 0.6) is 0 Å². The van der Waals surface area contributed by atoms with E-state index in [0.717, 1.165) is 10.7 Å². The predicted octanol–water partition coefficient (Wildman–Crippen LogP) is 2.75. The number of benzene rings is 1. The van der Waals surface area contributed by atoms with E-state index in [0.29, 0.717) is 18.7 Å². The van der Waals surface area contributed by atoms with Gasteiger partial charge in [-0.05, 0) is 13.0 Å². The number of nitriles is 1. The van der Waals surface area contributed by atoms with Crippen LogP contribution >= 0.6 is 11.3 Å². The number of aryl methyl sites for hydroxylation is 1. The number of hydrogen-bond acceptors (Lipinski definition) is 4. The standard InChI is InChI=1S/C13H12FN3S/c1-9-8-18-12(17-9)7-16-6-11-4-2-3-10(5-15)13(11)14/h2-4,8,16H,6-7H2,1H3. The highest BCUT2D eigenvalue weighted by molar-refractivity contribution is 7.09. The molecule has 0 saturated heterocycles. The van der Waals surface area contributed by atoms with Crippen LogP contribution in [0.1, 0.15) is 21.8 Å². The lowest BCUT2D eigenvalue weighted by atomic mass is 10.1.